The van der Waals surface area contributed by atoms with Crippen LogP contribution < -0.4 is 14.2 Å². The maximum atomic E-state index is 13.3. The molecule has 2 aliphatic heterocycles. The quantitative estimate of drug-likeness (QED) is 0.714. The summed E-state index contributed by atoms with van der Waals surface area (Å²) in [5.74, 6) is 1.30. The van der Waals surface area contributed by atoms with Gasteiger partial charge in [0.25, 0.3) is 0 Å². The van der Waals surface area contributed by atoms with Gasteiger partial charge in [0, 0.05) is 17.9 Å². The molecule has 4 rings (SSSR count). The van der Waals surface area contributed by atoms with Crippen LogP contribution in [-0.4, -0.2) is 42.5 Å². The van der Waals surface area contributed by atoms with Gasteiger partial charge in [0.15, 0.2) is 17.2 Å². The van der Waals surface area contributed by atoms with Gasteiger partial charge in [0.2, 0.25) is 5.91 Å². The predicted molar refractivity (Wildman–Crippen MR) is 120 cm³/mol. The third-order valence-corrected chi connectivity index (χ3v) is 6.96. The van der Waals surface area contributed by atoms with Crippen LogP contribution >= 0.6 is 11.8 Å². The molecule has 8 heteroatoms. The lowest BCUT2D eigenvalue weighted by atomic mass is 9.85. The van der Waals surface area contributed by atoms with Crippen molar-refractivity contribution in [2.75, 3.05) is 26.6 Å². The van der Waals surface area contributed by atoms with E-state index in [2.05, 4.69) is 6.07 Å². The zero-order valence-electron chi connectivity index (χ0n) is 18.1. The maximum absolute atomic E-state index is 13.3. The summed E-state index contributed by atoms with van der Waals surface area (Å²) in [5.41, 5.74) is 0.250. The van der Waals surface area contributed by atoms with Crippen molar-refractivity contribution in [2.45, 2.75) is 25.0 Å². The number of nitrogens with zero attached hydrogens (tertiary/aromatic N) is 2. The number of amides is 1. The zero-order chi connectivity index (χ0) is 22.9. The highest BCUT2D eigenvalue weighted by atomic mass is 32.2. The summed E-state index contributed by atoms with van der Waals surface area (Å²) in [4.78, 5) is 14.7. The van der Waals surface area contributed by atoms with Crippen molar-refractivity contribution in [1.29, 1.82) is 5.26 Å². The summed E-state index contributed by atoms with van der Waals surface area (Å²) in [5, 5.41) is 22.1. The third kappa shape index (κ3) is 3.57. The number of hydrogen-bond donors (Lipinski definition) is 1. The van der Waals surface area contributed by atoms with E-state index in [4.69, 9.17) is 14.2 Å². The van der Waals surface area contributed by atoms with Gasteiger partial charge >= 0.3 is 0 Å². The Hall–Kier alpha value is -3.15. The van der Waals surface area contributed by atoms with Crippen LogP contribution in [0.15, 0.2) is 53.1 Å². The fourth-order valence-electron chi connectivity index (χ4n) is 4.17. The minimum absolute atomic E-state index is 0.0658. The Labute approximate surface area is 191 Å². The first-order valence-electron chi connectivity index (χ1n) is 10.2. The summed E-state index contributed by atoms with van der Waals surface area (Å²) >= 11 is 1.31. The van der Waals surface area contributed by atoms with Gasteiger partial charge in [-0.15, -0.1) is 11.8 Å². The van der Waals surface area contributed by atoms with Crippen LogP contribution in [0, 0.1) is 11.3 Å². The molecule has 0 bridgehead atoms. The van der Waals surface area contributed by atoms with Crippen LogP contribution in [0.4, 0.5) is 0 Å². The molecule has 0 aromatic heterocycles. The van der Waals surface area contributed by atoms with Gasteiger partial charge in [-0.3, -0.25) is 9.69 Å². The smallest absolute Gasteiger partial charge is 0.231 e. The topological polar surface area (TPSA) is 92.0 Å². The lowest BCUT2D eigenvalue weighted by Gasteiger charge is -2.38. The van der Waals surface area contributed by atoms with Crippen molar-refractivity contribution in [1.82, 2.24) is 4.90 Å². The molecule has 7 nitrogen and oxygen atoms in total. The molecule has 0 saturated carbocycles. The van der Waals surface area contributed by atoms with Crippen LogP contribution in [0.2, 0.25) is 0 Å². The molecule has 166 valence electrons. The Kier molecular flexibility index (Phi) is 6.04. The van der Waals surface area contributed by atoms with Crippen molar-refractivity contribution in [3.63, 3.8) is 0 Å². The number of thioether (sulfide) groups is 1. The maximum Gasteiger partial charge on any atom is 0.231 e. The van der Waals surface area contributed by atoms with Gasteiger partial charge in [0.05, 0.1) is 43.3 Å². The highest BCUT2D eigenvalue weighted by molar-refractivity contribution is 8.03. The molecule has 32 heavy (non-hydrogen) atoms. The minimum Gasteiger partial charge on any atom is -0.497 e. The summed E-state index contributed by atoms with van der Waals surface area (Å²) in [6, 6.07) is 14.8. The van der Waals surface area contributed by atoms with Crippen molar-refractivity contribution in [2.24, 2.45) is 0 Å². The van der Waals surface area contributed by atoms with E-state index in [0.717, 1.165) is 5.56 Å². The van der Waals surface area contributed by atoms with Crippen LogP contribution in [0.1, 0.15) is 30.4 Å². The second-order valence-electron chi connectivity index (χ2n) is 7.50. The van der Waals surface area contributed by atoms with Crippen molar-refractivity contribution < 1.29 is 24.1 Å². The first-order valence-corrected chi connectivity index (χ1v) is 11.2. The lowest BCUT2D eigenvalue weighted by molar-refractivity contribution is -0.149. The SMILES string of the molecule is CCOc1ccc([C@@H]2CC(=O)N3C(=C2C#N)SC[C@@]3(O)c2cccc(OC)c2)cc1OC. The summed E-state index contributed by atoms with van der Waals surface area (Å²) < 4.78 is 16.3. The number of allylic oxidation sites excluding steroid dienone is 1. The monoisotopic (exact) mass is 452 g/mol. The molecular formula is C24H24N2O5S. The van der Waals surface area contributed by atoms with Gasteiger partial charge in [-0.1, -0.05) is 18.2 Å². The van der Waals surface area contributed by atoms with Crippen LogP contribution in [-0.2, 0) is 10.5 Å². The molecular weight excluding hydrogens is 428 g/mol. The largest absolute Gasteiger partial charge is 0.497 e. The normalized spacial score (nSPS) is 22.4. The molecule has 1 N–H and O–H groups in total. The van der Waals surface area contributed by atoms with Gasteiger partial charge in [0.1, 0.15) is 5.75 Å². The number of ether oxygens (including phenoxy) is 3. The molecule has 0 radical (unpaired) electrons. The Bertz CT molecular complexity index is 1130. The fraction of sp³-hybridized carbons (Fsp3) is 0.333. The van der Waals surface area contributed by atoms with E-state index in [1.165, 1.54) is 16.7 Å². The van der Waals surface area contributed by atoms with E-state index in [-0.39, 0.29) is 18.1 Å². The molecule has 0 spiro atoms. The Balaban J connectivity index is 1.76. The number of rotatable bonds is 6. The average Bonchev–Trinajstić information content (AvgIpc) is 3.18. The Morgan fingerprint density at radius 2 is 2.03 bits per heavy atom. The molecule has 1 amide bonds. The van der Waals surface area contributed by atoms with Gasteiger partial charge in [-0.25, -0.2) is 0 Å². The van der Waals surface area contributed by atoms with E-state index in [1.807, 2.05) is 19.1 Å². The third-order valence-electron chi connectivity index (χ3n) is 5.73. The van der Waals surface area contributed by atoms with Crippen LogP contribution in [0.5, 0.6) is 17.2 Å². The van der Waals surface area contributed by atoms with E-state index < -0.39 is 11.6 Å². The molecule has 0 unspecified atom stereocenters. The molecule has 0 aliphatic carbocycles. The number of benzene rings is 2. The summed E-state index contributed by atoms with van der Waals surface area (Å²) in [7, 11) is 3.10. The number of nitriles is 1. The van der Waals surface area contributed by atoms with Crippen LogP contribution in [0.25, 0.3) is 0 Å². The number of hydrogen-bond acceptors (Lipinski definition) is 7. The highest BCUT2D eigenvalue weighted by Crippen LogP contribution is 2.52. The molecule has 2 aromatic carbocycles. The standard InChI is InChI=1S/C24H24N2O5S/c1-4-31-20-9-8-15(10-21(20)30-3)18-12-22(27)26-23(19(18)13-25)32-14-24(26,28)16-6-5-7-17(11-16)29-2/h5-11,18,28H,4,12,14H2,1-3H3/t18-,24+/m0/s1. The highest BCUT2D eigenvalue weighted by Gasteiger charge is 2.52. The van der Waals surface area contributed by atoms with E-state index in [0.29, 0.717) is 40.0 Å². The number of methoxy groups -OCH3 is 2. The Morgan fingerprint density at radius 1 is 1.22 bits per heavy atom. The summed E-state index contributed by atoms with van der Waals surface area (Å²) in [6.45, 7) is 2.39. The molecule has 2 aliphatic rings. The van der Waals surface area contributed by atoms with E-state index in [1.54, 1.807) is 44.6 Å². The fourth-order valence-corrected chi connectivity index (χ4v) is 5.53. The van der Waals surface area contributed by atoms with Gasteiger partial charge in [-0.2, -0.15) is 5.26 Å². The van der Waals surface area contributed by atoms with E-state index >= 15 is 0 Å². The van der Waals surface area contributed by atoms with Crippen molar-refractivity contribution in [3.05, 3.63) is 64.2 Å². The molecule has 2 heterocycles. The van der Waals surface area contributed by atoms with Gasteiger partial charge in [-0.05, 0) is 36.8 Å². The Morgan fingerprint density at radius 3 is 2.72 bits per heavy atom. The number of aliphatic hydroxyl groups is 1. The molecule has 1 saturated heterocycles. The second-order valence-corrected chi connectivity index (χ2v) is 8.46. The van der Waals surface area contributed by atoms with E-state index in [9.17, 15) is 15.2 Å². The number of carbonyl (C=O) groups excluding carboxylic acids is 1. The van der Waals surface area contributed by atoms with Crippen molar-refractivity contribution >= 4 is 17.7 Å². The molecule has 2 aromatic rings. The lowest BCUT2D eigenvalue weighted by Crippen LogP contribution is -2.48. The number of fused-ring (bicyclic) bond motifs is 1. The zero-order valence-corrected chi connectivity index (χ0v) is 18.9. The summed E-state index contributed by atoms with van der Waals surface area (Å²) in [6.07, 6.45) is 0.0658. The first-order chi connectivity index (χ1) is 15.5. The average molecular weight is 453 g/mol. The first kappa shape index (κ1) is 22.1. The van der Waals surface area contributed by atoms with Gasteiger partial charge < -0.3 is 19.3 Å². The molecule has 1 fully saturated rings. The predicted octanol–water partition coefficient (Wildman–Crippen LogP) is 3.75. The number of carbonyl (C=O) groups is 1. The van der Waals surface area contributed by atoms with Crippen molar-refractivity contribution in [3.8, 4) is 23.3 Å². The second kappa shape index (κ2) is 8.77. The van der Waals surface area contributed by atoms with Crippen LogP contribution in [0.3, 0.4) is 0 Å². The minimum atomic E-state index is -1.55. The molecule has 2 atom stereocenters.